The number of hydrogen-bond acceptors (Lipinski definition) is 3. The molecule has 14 heavy (non-hydrogen) atoms. The van der Waals surface area contributed by atoms with Crippen LogP contribution in [0.4, 0.5) is 0 Å². The molecule has 3 N–H and O–H groups in total. The number of nitrogens with one attached hydrogen (secondary N) is 1. The Labute approximate surface area is 85.2 Å². The van der Waals surface area contributed by atoms with E-state index in [1.807, 2.05) is 13.8 Å². The van der Waals surface area contributed by atoms with Crippen molar-refractivity contribution in [3.63, 3.8) is 0 Å². The molecule has 4 heteroatoms. The number of rotatable bonds is 3. The Morgan fingerprint density at radius 3 is 2.93 bits per heavy atom. The van der Waals surface area contributed by atoms with Gasteiger partial charge in [0.2, 0.25) is 5.91 Å². The van der Waals surface area contributed by atoms with Gasteiger partial charge in [0.15, 0.2) is 0 Å². The third-order valence-electron chi connectivity index (χ3n) is 2.43. The summed E-state index contributed by atoms with van der Waals surface area (Å²) in [5.41, 5.74) is 5.19. The van der Waals surface area contributed by atoms with Crippen LogP contribution in [0.15, 0.2) is 0 Å². The van der Waals surface area contributed by atoms with Crippen molar-refractivity contribution in [2.24, 2.45) is 5.73 Å². The molecule has 4 nitrogen and oxygen atoms in total. The zero-order valence-corrected chi connectivity index (χ0v) is 9.01. The SMILES string of the molecule is CC1(C)CC(NC(=O)CCN)CCO1. The van der Waals surface area contributed by atoms with Crippen LogP contribution in [-0.2, 0) is 9.53 Å². The summed E-state index contributed by atoms with van der Waals surface area (Å²) >= 11 is 0. The number of carbonyl (C=O) groups is 1. The number of nitrogens with two attached hydrogens (primary N) is 1. The van der Waals surface area contributed by atoms with Crippen LogP contribution in [0.25, 0.3) is 0 Å². The van der Waals surface area contributed by atoms with Crippen molar-refractivity contribution >= 4 is 5.91 Å². The van der Waals surface area contributed by atoms with Gasteiger partial charge in [-0.05, 0) is 26.7 Å². The lowest BCUT2D eigenvalue weighted by molar-refractivity contribution is -0.123. The van der Waals surface area contributed by atoms with Crippen LogP contribution in [0.1, 0.15) is 33.1 Å². The molecule has 1 heterocycles. The Morgan fingerprint density at radius 2 is 2.36 bits per heavy atom. The zero-order valence-electron chi connectivity index (χ0n) is 9.01. The third kappa shape index (κ3) is 3.64. The molecule has 0 aromatic heterocycles. The van der Waals surface area contributed by atoms with Crippen molar-refractivity contribution in [1.82, 2.24) is 5.32 Å². The molecule has 0 aromatic rings. The van der Waals surface area contributed by atoms with Crippen LogP contribution in [0, 0.1) is 0 Å². The molecular formula is C10H20N2O2. The molecule has 0 spiro atoms. The van der Waals surface area contributed by atoms with Gasteiger partial charge >= 0.3 is 0 Å². The Morgan fingerprint density at radius 1 is 1.64 bits per heavy atom. The van der Waals surface area contributed by atoms with Gasteiger partial charge in [0, 0.05) is 25.6 Å². The van der Waals surface area contributed by atoms with E-state index in [1.54, 1.807) is 0 Å². The van der Waals surface area contributed by atoms with Crippen molar-refractivity contribution in [1.29, 1.82) is 0 Å². The quantitative estimate of drug-likeness (QED) is 0.693. The molecule has 1 aliphatic heterocycles. The maximum Gasteiger partial charge on any atom is 0.221 e. The molecule has 1 unspecified atom stereocenters. The van der Waals surface area contributed by atoms with Crippen LogP contribution in [0.3, 0.4) is 0 Å². The average Bonchev–Trinajstić information content (AvgIpc) is 2.02. The first-order valence-corrected chi connectivity index (χ1v) is 5.17. The number of carbonyl (C=O) groups excluding carboxylic acids is 1. The Hall–Kier alpha value is -0.610. The fourth-order valence-electron chi connectivity index (χ4n) is 1.79. The molecular weight excluding hydrogens is 180 g/mol. The molecule has 1 amide bonds. The molecule has 1 rings (SSSR count). The third-order valence-corrected chi connectivity index (χ3v) is 2.43. The minimum absolute atomic E-state index is 0.0511. The summed E-state index contributed by atoms with van der Waals surface area (Å²) in [5.74, 6) is 0.0511. The lowest BCUT2D eigenvalue weighted by Gasteiger charge is -2.35. The minimum atomic E-state index is -0.112. The number of amides is 1. The summed E-state index contributed by atoms with van der Waals surface area (Å²) in [4.78, 5) is 11.3. The van der Waals surface area contributed by atoms with Gasteiger partial charge in [0.1, 0.15) is 0 Å². The standard InChI is InChI=1S/C10H20N2O2/c1-10(2)7-8(4-6-14-10)12-9(13)3-5-11/h8H,3-7,11H2,1-2H3,(H,12,13). The number of hydrogen-bond donors (Lipinski definition) is 2. The highest BCUT2D eigenvalue weighted by atomic mass is 16.5. The fourth-order valence-corrected chi connectivity index (χ4v) is 1.79. The summed E-state index contributed by atoms with van der Waals surface area (Å²) in [6.07, 6.45) is 2.20. The van der Waals surface area contributed by atoms with Crippen LogP contribution in [0.2, 0.25) is 0 Å². The molecule has 1 saturated heterocycles. The Kier molecular flexibility index (Phi) is 3.89. The van der Waals surface area contributed by atoms with E-state index in [0.717, 1.165) is 19.4 Å². The van der Waals surface area contributed by atoms with Gasteiger partial charge in [-0.2, -0.15) is 0 Å². The predicted octanol–water partition coefficient (Wildman–Crippen LogP) is 0.409. The van der Waals surface area contributed by atoms with Gasteiger partial charge in [-0.25, -0.2) is 0 Å². The average molecular weight is 200 g/mol. The Balaban J connectivity index is 2.34. The predicted molar refractivity (Wildman–Crippen MR) is 54.9 cm³/mol. The topological polar surface area (TPSA) is 64.4 Å². The molecule has 1 fully saturated rings. The largest absolute Gasteiger partial charge is 0.375 e. The molecule has 1 atom stereocenters. The van der Waals surface area contributed by atoms with E-state index in [2.05, 4.69) is 5.32 Å². The monoisotopic (exact) mass is 200 g/mol. The van der Waals surface area contributed by atoms with E-state index in [0.29, 0.717) is 13.0 Å². The van der Waals surface area contributed by atoms with Gasteiger partial charge < -0.3 is 15.8 Å². The van der Waals surface area contributed by atoms with Crippen molar-refractivity contribution in [3.8, 4) is 0 Å². The van der Waals surface area contributed by atoms with E-state index >= 15 is 0 Å². The first-order chi connectivity index (χ1) is 6.53. The molecule has 0 radical (unpaired) electrons. The van der Waals surface area contributed by atoms with Crippen molar-refractivity contribution in [2.75, 3.05) is 13.2 Å². The molecule has 0 aromatic carbocycles. The molecule has 82 valence electrons. The second-order valence-electron chi connectivity index (χ2n) is 4.40. The van der Waals surface area contributed by atoms with Crippen molar-refractivity contribution in [2.45, 2.75) is 44.8 Å². The van der Waals surface area contributed by atoms with Gasteiger partial charge in [-0.15, -0.1) is 0 Å². The van der Waals surface area contributed by atoms with Gasteiger partial charge in [0.25, 0.3) is 0 Å². The van der Waals surface area contributed by atoms with E-state index < -0.39 is 0 Å². The lowest BCUT2D eigenvalue weighted by Crippen LogP contribution is -2.46. The smallest absolute Gasteiger partial charge is 0.221 e. The summed E-state index contributed by atoms with van der Waals surface area (Å²) in [5, 5.41) is 2.98. The van der Waals surface area contributed by atoms with Crippen LogP contribution in [-0.4, -0.2) is 30.7 Å². The Bertz CT molecular complexity index is 204. The summed E-state index contributed by atoms with van der Waals surface area (Å²) in [6.45, 7) is 5.24. The summed E-state index contributed by atoms with van der Waals surface area (Å²) in [7, 11) is 0. The fraction of sp³-hybridized carbons (Fsp3) is 0.900. The van der Waals surface area contributed by atoms with E-state index in [1.165, 1.54) is 0 Å². The summed E-state index contributed by atoms with van der Waals surface area (Å²) in [6, 6.07) is 0.248. The molecule has 0 bridgehead atoms. The van der Waals surface area contributed by atoms with Gasteiger partial charge in [0.05, 0.1) is 5.60 Å². The first kappa shape index (κ1) is 11.5. The maximum absolute atomic E-state index is 11.3. The number of ether oxygens (including phenoxy) is 1. The van der Waals surface area contributed by atoms with E-state index in [-0.39, 0.29) is 17.6 Å². The molecule has 0 saturated carbocycles. The second-order valence-corrected chi connectivity index (χ2v) is 4.40. The minimum Gasteiger partial charge on any atom is -0.375 e. The van der Waals surface area contributed by atoms with E-state index in [9.17, 15) is 4.79 Å². The zero-order chi connectivity index (χ0) is 10.6. The van der Waals surface area contributed by atoms with Crippen LogP contribution in [0.5, 0.6) is 0 Å². The second kappa shape index (κ2) is 4.75. The van der Waals surface area contributed by atoms with Crippen molar-refractivity contribution < 1.29 is 9.53 Å². The maximum atomic E-state index is 11.3. The van der Waals surface area contributed by atoms with Crippen molar-refractivity contribution in [3.05, 3.63) is 0 Å². The normalized spacial score (nSPS) is 25.8. The highest BCUT2D eigenvalue weighted by molar-refractivity contribution is 5.76. The highest BCUT2D eigenvalue weighted by Crippen LogP contribution is 2.23. The van der Waals surface area contributed by atoms with E-state index in [4.69, 9.17) is 10.5 Å². The lowest BCUT2D eigenvalue weighted by atomic mass is 9.94. The molecule has 0 aliphatic carbocycles. The first-order valence-electron chi connectivity index (χ1n) is 5.17. The van der Waals surface area contributed by atoms with Gasteiger partial charge in [-0.1, -0.05) is 0 Å². The summed E-state index contributed by atoms with van der Waals surface area (Å²) < 4.78 is 5.56. The van der Waals surface area contributed by atoms with Crippen LogP contribution < -0.4 is 11.1 Å². The van der Waals surface area contributed by atoms with Gasteiger partial charge in [-0.3, -0.25) is 4.79 Å². The van der Waals surface area contributed by atoms with Crippen LogP contribution >= 0.6 is 0 Å². The molecule has 1 aliphatic rings. The highest BCUT2D eigenvalue weighted by Gasteiger charge is 2.29.